The molecule has 1 amide bonds. The van der Waals surface area contributed by atoms with Crippen LogP contribution in [0.25, 0.3) is 0 Å². The highest BCUT2D eigenvalue weighted by molar-refractivity contribution is 5.68. The van der Waals surface area contributed by atoms with E-state index in [1.807, 2.05) is 26.8 Å². The highest BCUT2D eigenvalue weighted by Gasteiger charge is 2.36. The molecule has 0 aromatic carbocycles. The van der Waals surface area contributed by atoms with Crippen molar-refractivity contribution in [2.45, 2.75) is 45.6 Å². The predicted octanol–water partition coefficient (Wildman–Crippen LogP) is 3.23. The summed E-state index contributed by atoms with van der Waals surface area (Å²) >= 11 is 0. The fourth-order valence-corrected chi connectivity index (χ4v) is 2.51. The number of carbonyl (C=O) groups excluding carboxylic acids is 1. The third-order valence-electron chi connectivity index (χ3n) is 3.50. The minimum absolute atomic E-state index is 0.134. The third kappa shape index (κ3) is 4.86. The van der Waals surface area contributed by atoms with Crippen LogP contribution in [-0.2, 0) is 9.47 Å². The monoisotopic (exact) mass is 269 g/mol. The zero-order chi connectivity index (χ0) is 14.5. The number of likely N-dealkylation sites (tertiary alicyclic amines) is 1. The zero-order valence-corrected chi connectivity index (χ0v) is 12.7. The summed E-state index contributed by atoms with van der Waals surface area (Å²) < 4.78 is 10.7. The molecule has 0 N–H and O–H groups in total. The van der Waals surface area contributed by atoms with Crippen molar-refractivity contribution in [3.8, 4) is 0 Å². The van der Waals surface area contributed by atoms with Gasteiger partial charge >= 0.3 is 6.09 Å². The van der Waals surface area contributed by atoms with E-state index in [2.05, 4.69) is 6.58 Å². The van der Waals surface area contributed by atoms with Crippen LogP contribution in [0.15, 0.2) is 12.7 Å². The first-order valence-electron chi connectivity index (χ1n) is 6.90. The number of carbonyl (C=O) groups is 1. The summed E-state index contributed by atoms with van der Waals surface area (Å²) in [5.74, 6) is 0. The number of rotatable bonds is 4. The topological polar surface area (TPSA) is 38.8 Å². The fraction of sp³-hybridized carbons (Fsp3) is 0.800. The van der Waals surface area contributed by atoms with E-state index < -0.39 is 5.60 Å². The van der Waals surface area contributed by atoms with Crippen LogP contribution in [0.4, 0.5) is 4.79 Å². The van der Waals surface area contributed by atoms with Crippen LogP contribution in [0.5, 0.6) is 0 Å². The first-order chi connectivity index (χ1) is 8.82. The van der Waals surface area contributed by atoms with E-state index in [0.29, 0.717) is 0 Å². The smallest absolute Gasteiger partial charge is 0.410 e. The van der Waals surface area contributed by atoms with Crippen molar-refractivity contribution >= 4 is 6.09 Å². The average molecular weight is 269 g/mol. The first-order valence-corrected chi connectivity index (χ1v) is 6.90. The van der Waals surface area contributed by atoms with Crippen LogP contribution in [0.1, 0.15) is 40.0 Å². The molecule has 1 aliphatic rings. The number of hydrogen-bond acceptors (Lipinski definition) is 3. The van der Waals surface area contributed by atoms with Gasteiger partial charge in [0.1, 0.15) is 5.60 Å². The molecule has 1 aliphatic heterocycles. The van der Waals surface area contributed by atoms with Gasteiger partial charge in [0.05, 0.1) is 6.61 Å². The van der Waals surface area contributed by atoms with E-state index in [0.717, 1.165) is 39.0 Å². The Balaban J connectivity index is 2.55. The van der Waals surface area contributed by atoms with Crippen LogP contribution >= 0.6 is 0 Å². The van der Waals surface area contributed by atoms with Crippen LogP contribution in [-0.4, -0.2) is 43.4 Å². The molecule has 0 aliphatic carbocycles. The first kappa shape index (κ1) is 16.0. The minimum atomic E-state index is -0.431. The van der Waals surface area contributed by atoms with E-state index in [9.17, 15) is 4.79 Å². The number of ether oxygens (including phenoxy) is 2. The van der Waals surface area contributed by atoms with Crippen LogP contribution in [0.3, 0.4) is 0 Å². The van der Waals surface area contributed by atoms with Gasteiger partial charge < -0.3 is 14.4 Å². The SMILES string of the molecule is C=CCC1(COC)CCN(C(=O)OC(C)(C)C)CC1. The lowest BCUT2D eigenvalue weighted by Crippen LogP contribution is -2.46. The van der Waals surface area contributed by atoms with Crippen LogP contribution in [0, 0.1) is 5.41 Å². The summed E-state index contributed by atoms with van der Waals surface area (Å²) in [7, 11) is 1.73. The van der Waals surface area contributed by atoms with E-state index in [1.54, 1.807) is 12.0 Å². The van der Waals surface area contributed by atoms with E-state index in [-0.39, 0.29) is 11.5 Å². The lowest BCUT2D eigenvalue weighted by molar-refractivity contribution is -0.00590. The molecule has 4 nitrogen and oxygen atoms in total. The van der Waals surface area contributed by atoms with Gasteiger partial charge in [-0.1, -0.05) is 6.08 Å². The number of hydrogen-bond donors (Lipinski definition) is 0. The molecule has 19 heavy (non-hydrogen) atoms. The van der Waals surface area contributed by atoms with Crippen molar-refractivity contribution in [2.75, 3.05) is 26.8 Å². The fourth-order valence-electron chi connectivity index (χ4n) is 2.51. The maximum atomic E-state index is 12.0. The van der Waals surface area contributed by atoms with Gasteiger partial charge in [0.15, 0.2) is 0 Å². The van der Waals surface area contributed by atoms with Crippen molar-refractivity contribution in [3.63, 3.8) is 0 Å². The highest BCUT2D eigenvalue weighted by Crippen LogP contribution is 2.36. The lowest BCUT2D eigenvalue weighted by atomic mass is 9.76. The Hall–Kier alpha value is -1.03. The summed E-state index contributed by atoms with van der Waals surface area (Å²) in [6, 6.07) is 0. The number of methoxy groups -OCH3 is 1. The Bertz CT molecular complexity index is 312. The third-order valence-corrected chi connectivity index (χ3v) is 3.50. The Morgan fingerprint density at radius 1 is 1.37 bits per heavy atom. The molecule has 1 rings (SSSR count). The molecule has 0 aromatic rings. The molecule has 0 atom stereocenters. The standard InChI is InChI=1S/C15H27NO3/c1-6-7-15(12-18-5)8-10-16(11-9-15)13(17)19-14(2,3)4/h6H,1,7-12H2,2-5H3. The van der Waals surface area contributed by atoms with Gasteiger partial charge in [0.25, 0.3) is 0 Å². The molecular formula is C15H27NO3. The van der Waals surface area contributed by atoms with Gasteiger partial charge in [-0.15, -0.1) is 6.58 Å². The van der Waals surface area contributed by atoms with Gasteiger partial charge in [0, 0.05) is 25.6 Å². The Labute approximate surface area is 116 Å². The summed E-state index contributed by atoms with van der Waals surface area (Å²) in [6.45, 7) is 11.7. The maximum absolute atomic E-state index is 12.0. The van der Waals surface area contributed by atoms with Crippen LogP contribution < -0.4 is 0 Å². The second-order valence-corrected chi connectivity index (χ2v) is 6.39. The summed E-state index contributed by atoms with van der Waals surface area (Å²) in [6.07, 6.45) is 4.54. The van der Waals surface area contributed by atoms with Gasteiger partial charge in [-0.05, 0) is 40.0 Å². The number of nitrogens with zero attached hydrogens (tertiary/aromatic N) is 1. The van der Waals surface area contributed by atoms with Crippen molar-refractivity contribution in [1.82, 2.24) is 4.90 Å². The van der Waals surface area contributed by atoms with Gasteiger partial charge in [-0.25, -0.2) is 4.79 Å². The molecular weight excluding hydrogens is 242 g/mol. The largest absolute Gasteiger partial charge is 0.444 e. The van der Waals surface area contributed by atoms with Gasteiger partial charge in [-0.2, -0.15) is 0 Å². The molecule has 0 unspecified atom stereocenters. The van der Waals surface area contributed by atoms with E-state index in [4.69, 9.17) is 9.47 Å². The van der Waals surface area contributed by atoms with Crippen LogP contribution in [0.2, 0.25) is 0 Å². The second-order valence-electron chi connectivity index (χ2n) is 6.39. The second kappa shape index (κ2) is 6.42. The van der Waals surface area contributed by atoms with Crippen molar-refractivity contribution < 1.29 is 14.3 Å². The molecule has 0 aromatic heterocycles. The predicted molar refractivity (Wildman–Crippen MR) is 76.2 cm³/mol. The molecule has 4 heteroatoms. The maximum Gasteiger partial charge on any atom is 0.410 e. The molecule has 1 saturated heterocycles. The Kier molecular flexibility index (Phi) is 5.41. The van der Waals surface area contributed by atoms with Gasteiger partial charge in [0.2, 0.25) is 0 Å². The molecule has 0 saturated carbocycles. The molecule has 0 spiro atoms. The van der Waals surface area contributed by atoms with Crippen molar-refractivity contribution in [2.24, 2.45) is 5.41 Å². The highest BCUT2D eigenvalue weighted by atomic mass is 16.6. The lowest BCUT2D eigenvalue weighted by Gasteiger charge is -2.41. The van der Waals surface area contributed by atoms with E-state index in [1.165, 1.54) is 0 Å². The summed E-state index contributed by atoms with van der Waals surface area (Å²) in [4.78, 5) is 13.8. The summed E-state index contributed by atoms with van der Waals surface area (Å²) in [5, 5.41) is 0. The summed E-state index contributed by atoms with van der Waals surface area (Å²) in [5.41, 5.74) is -0.297. The molecule has 0 radical (unpaired) electrons. The Morgan fingerprint density at radius 3 is 2.37 bits per heavy atom. The normalized spacial score (nSPS) is 19.1. The number of allylic oxidation sites excluding steroid dienone is 1. The molecule has 1 heterocycles. The van der Waals surface area contributed by atoms with E-state index >= 15 is 0 Å². The quantitative estimate of drug-likeness (QED) is 0.735. The molecule has 110 valence electrons. The Morgan fingerprint density at radius 2 is 1.95 bits per heavy atom. The zero-order valence-electron chi connectivity index (χ0n) is 12.7. The number of amides is 1. The molecule has 0 bridgehead atoms. The average Bonchev–Trinajstić information content (AvgIpc) is 2.28. The van der Waals surface area contributed by atoms with Crippen molar-refractivity contribution in [1.29, 1.82) is 0 Å². The molecule has 1 fully saturated rings. The van der Waals surface area contributed by atoms with Gasteiger partial charge in [-0.3, -0.25) is 0 Å². The number of piperidine rings is 1. The van der Waals surface area contributed by atoms with Crippen molar-refractivity contribution in [3.05, 3.63) is 12.7 Å². The minimum Gasteiger partial charge on any atom is -0.444 e.